The lowest BCUT2D eigenvalue weighted by Crippen LogP contribution is -2.51. The fourth-order valence-corrected chi connectivity index (χ4v) is 6.98. The van der Waals surface area contributed by atoms with E-state index >= 15 is 0 Å². The number of rotatable bonds is 9. The third-order valence-electron chi connectivity index (χ3n) is 7.99. The van der Waals surface area contributed by atoms with Crippen molar-refractivity contribution in [2.24, 2.45) is 10.4 Å². The van der Waals surface area contributed by atoms with Gasteiger partial charge in [0.25, 0.3) is 5.91 Å². The summed E-state index contributed by atoms with van der Waals surface area (Å²) in [7, 11) is -1.67. The second kappa shape index (κ2) is 9.63. The summed E-state index contributed by atoms with van der Waals surface area (Å²) in [5.41, 5.74) is 2.61. The average molecular weight is 529 g/mol. The van der Waals surface area contributed by atoms with Crippen LogP contribution in [0.2, 0.25) is 0 Å². The van der Waals surface area contributed by atoms with Gasteiger partial charge in [0.2, 0.25) is 10.0 Å². The molecule has 0 aromatic heterocycles. The number of amidine groups is 1. The number of piperidine rings is 1. The lowest BCUT2D eigenvalue weighted by Gasteiger charge is -2.34. The number of nitrogens with one attached hydrogen (secondary N) is 2. The van der Waals surface area contributed by atoms with Gasteiger partial charge in [0.05, 0.1) is 5.75 Å². The van der Waals surface area contributed by atoms with E-state index in [0.29, 0.717) is 31.5 Å². The molecule has 1 saturated heterocycles. The molecule has 3 aliphatic rings. The van der Waals surface area contributed by atoms with Gasteiger partial charge in [0.15, 0.2) is 0 Å². The normalized spacial score (nSPS) is 21.4. The van der Waals surface area contributed by atoms with Gasteiger partial charge in [0.1, 0.15) is 11.4 Å². The van der Waals surface area contributed by atoms with Crippen molar-refractivity contribution in [3.05, 3.63) is 28.8 Å². The van der Waals surface area contributed by atoms with Gasteiger partial charge in [-0.2, -0.15) is 13.2 Å². The monoisotopic (exact) mass is 528 g/mol. The van der Waals surface area contributed by atoms with Gasteiger partial charge < -0.3 is 10.6 Å². The Bertz CT molecular complexity index is 1130. The number of carbonyl (C=O) groups excluding carboxylic acids is 1. The highest BCUT2D eigenvalue weighted by atomic mass is 32.2. The van der Waals surface area contributed by atoms with Crippen LogP contribution in [-0.2, 0) is 21.2 Å². The molecule has 2 heterocycles. The Morgan fingerprint density at radius 1 is 1.11 bits per heavy atom. The van der Waals surface area contributed by atoms with Gasteiger partial charge in [-0.3, -0.25) is 9.79 Å². The molecule has 2 aliphatic heterocycles. The van der Waals surface area contributed by atoms with Crippen molar-refractivity contribution >= 4 is 27.5 Å². The second-order valence-electron chi connectivity index (χ2n) is 10.5. The van der Waals surface area contributed by atoms with Gasteiger partial charge in [-0.15, -0.1) is 0 Å². The van der Waals surface area contributed by atoms with Crippen LogP contribution in [0.15, 0.2) is 17.1 Å². The van der Waals surface area contributed by atoms with Crippen molar-refractivity contribution in [3.63, 3.8) is 0 Å². The molecule has 36 heavy (non-hydrogen) atoms. The molecule has 0 atom stereocenters. The third-order valence-corrected chi connectivity index (χ3v) is 9.86. The maximum Gasteiger partial charge on any atom is 0.389 e. The van der Waals surface area contributed by atoms with Crippen LogP contribution in [0.1, 0.15) is 61.6 Å². The first kappa shape index (κ1) is 26.9. The van der Waals surface area contributed by atoms with Crippen molar-refractivity contribution in [3.8, 4) is 0 Å². The van der Waals surface area contributed by atoms with E-state index in [1.54, 1.807) is 0 Å². The van der Waals surface area contributed by atoms with Crippen LogP contribution in [0.4, 0.5) is 18.9 Å². The molecule has 1 aromatic carbocycles. The van der Waals surface area contributed by atoms with Crippen molar-refractivity contribution in [2.45, 2.75) is 76.9 Å². The van der Waals surface area contributed by atoms with Crippen LogP contribution in [0.25, 0.3) is 0 Å². The molecule has 4 rings (SSSR count). The van der Waals surface area contributed by atoms with Gasteiger partial charge >= 0.3 is 6.18 Å². The fourth-order valence-electron chi connectivity index (χ4n) is 5.52. The zero-order valence-corrected chi connectivity index (χ0v) is 21.9. The predicted molar refractivity (Wildman–Crippen MR) is 134 cm³/mol. The lowest BCUT2D eigenvalue weighted by molar-refractivity contribution is -0.136. The van der Waals surface area contributed by atoms with E-state index in [9.17, 15) is 26.4 Å². The molecule has 11 heteroatoms. The van der Waals surface area contributed by atoms with Crippen LogP contribution in [0.5, 0.6) is 0 Å². The molecule has 1 spiro atoms. The summed E-state index contributed by atoms with van der Waals surface area (Å²) in [4.78, 5) is 17.6. The van der Waals surface area contributed by atoms with Crippen molar-refractivity contribution < 1.29 is 26.4 Å². The van der Waals surface area contributed by atoms with Crippen molar-refractivity contribution in [2.75, 3.05) is 31.2 Å². The molecular weight excluding hydrogens is 493 g/mol. The van der Waals surface area contributed by atoms with Crippen LogP contribution in [0, 0.1) is 19.3 Å². The Balaban J connectivity index is 1.37. The van der Waals surface area contributed by atoms with E-state index in [1.165, 1.54) is 4.31 Å². The number of nitrogens with zero attached hydrogens (tertiary/aromatic N) is 2. The largest absolute Gasteiger partial charge is 0.389 e. The summed E-state index contributed by atoms with van der Waals surface area (Å²) >= 11 is 0. The first-order chi connectivity index (χ1) is 16.8. The molecule has 0 bridgehead atoms. The number of hydrogen-bond acceptors (Lipinski definition) is 5. The molecule has 1 saturated carbocycles. The van der Waals surface area contributed by atoms with Crippen molar-refractivity contribution in [1.82, 2.24) is 9.62 Å². The molecule has 1 aliphatic carbocycles. The second-order valence-corrected chi connectivity index (χ2v) is 12.6. The summed E-state index contributed by atoms with van der Waals surface area (Å²) in [6.45, 7) is 4.35. The Kier molecular flexibility index (Phi) is 7.20. The van der Waals surface area contributed by atoms with Gasteiger partial charge in [0, 0.05) is 37.7 Å². The Morgan fingerprint density at radius 2 is 1.72 bits per heavy atom. The zero-order chi connectivity index (χ0) is 26.4. The molecule has 2 N–H and O–H groups in total. The zero-order valence-electron chi connectivity index (χ0n) is 21.1. The smallest absolute Gasteiger partial charge is 0.388 e. The topological polar surface area (TPSA) is 90.9 Å². The highest BCUT2D eigenvalue weighted by molar-refractivity contribution is 7.89. The summed E-state index contributed by atoms with van der Waals surface area (Å²) < 4.78 is 65.4. The summed E-state index contributed by atoms with van der Waals surface area (Å²) in [5.74, 6) is 0.235. The number of hydrogen-bond donors (Lipinski definition) is 2. The maximum atomic E-state index is 13.1. The van der Waals surface area contributed by atoms with E-state index in [4.69, 9.17) is 4.99 Å². The molecule has 1 amide bonds. The average Bonchev–Trinajstić information content (AvgIpc) is 3.51. The molecule has 200 valence electrons. The number of anilines is 1. The van der Waals surface area contributed by atoms with Crippen molar-refractivity contribution in [1.29, 1.82) is 0 Å². The molecule has 0 radical (unpaired) electrons. The van der Waals surface area contributed by atoms with E-state index in [-0.39, 0.29) is 44.0 Å². The first-order valence-corrected chi connectivity index (χ1v) is 14.1. The number of alkyl halides is 3. The van der Waals surface area contributed by atoms with Crippen LogP contribution in [-0.4, -0.2) is 62.1 Å². The van der Waals surface area contributed by atoms with E-state index in [1.807, 2.05) is 33.0 Å². The first-order valence-electron chi connectivity index (χ1n) is 12.5. The standard InChI is InChI=1S/C25H35F3N4O3S/c1-17-15-19(29-3)16-18(2)20(17)5-14-36(34,35)32-12-10-24(11-13-32)22(33)30-21(31-24)23(8-9-23)6-4-7-25(26,27)28/h15-16,29H,4-14H2,1-3H3,(H,30,31,33). The molecular formula is C25H35F3N4O3S. The third kappa shape index (κ3) is 5.56. The number of amides is 1. The number of aryl methyl sites for hydroxylation is 2. The van der Waals surface area contributed by atoms with Crippen LogP contribution >= 0.6 is 0 Å². The highest BCUT2D eigenvalue weighted by Gasteiger charge is 2.55. The number of sulfonamides is 1. The number of aliphatic imine (C=N–C) groups is 1. The minimum absolute atomic E-state index is 0.00798. The van der Waals surface area contributed by atoms with Crippen LogP contribution < -0.4 is 10.6 Å². The number of benzene rings is 1. The Labute approximate surface area is 211 Å². The van der Waals surface area contributed by atoms with Gasteiger partial charge in [-0.05, 0) is 87.6 Å². The summed E-state index contributed by atoms with van der Waals surface area (Å²) in [5, 5.41) is 5.95. The molecule has 7 nitrogen and oxygen atoms in total. The minimum atomic E-state index is -4.19. The molecule has 2 fully saturated rings. The number of carbonyl (C=O) groups is 1. The highest BCUT2D eigenvalue weighted by Crippen LogP contribution is 2.53. The van der Waals surface area contributed by atoms with E-state index in [2.05, 4.69) is 10.6 Å². The quantitative estimate of drug-likeness (QED) is 0.505. The Hall–Kier alpha value is -2.14. The van der Waals surface area contributed by atoms with Gasteiger partial charge in [-0.1, -0.05) is 0 Å². The van der Waals surface area contributed by atoms with E-state index < -0.39 is 33.6 Å². The molecule has 0 unspecified atom stereocenters. The SMILES string of the molecule is CNc1cc(C)c(CCS(=O)(=O)N2CCC3(CC2)N=C(C2(CCCC(F)(F)F)CC2)NC3=O)c(C)c1. The molecule has 1 aromatic rings. The maximum absolute atomic E-state index is 13.1. The Morgan fingerprint density at radius 3 is 2.25 bits per heavy atom. The predicted octanol–water partition coefficient (Wildman–Crippen LogP) is 4.09. The summed E-state index contributed by atoms with van der Waals surface area (Å²) in [6, 6.07) is 4.01. The summed E-state index contributed by atoms with van der Waals surface area (Å²) in [6.07, 6.45) is -2.29. The fraction of sp³-hybridized carbons (Fsp3) is 0.680. The lowest BCUT2D eigenvalue weighted by atomic mass is 9.89. The van der Waals surface area contributed by atoms with Crippen LogP contribution in [0.3, 0.4) is 0 Å². The number of halogens is 3. The van der Waals surface area contributed by atoms with E-state index in [0.717, 1.165) is 22.4 Å². The minimum Gasteiger partial charge on any atom is -0.388 e. The van der Waals surface area contributed by atoms with Gasteiger partial charge in [-0.25, -0.2) is 12.7 Å².